The molecule has 0 spiro atoms. The van der Waals surface area contributed by atoms with E-state index in [9.17, 15) is 30.0 Å². The first-order valence-electron chi connectivity index (χ1n) is 10.8. The normalized spacial score (nSPS) is 15.5. The standard InChI is InChI=1S/C24H32N2O8/c1-26(13-19(28)21(30)22(31)20(29)14-27)23(32)18(12-16-8-4-2-5-9-16)25-24(33)34-15-17-10-6-3-7-11-17/h2-11,18-22,27-31H,12-15H2,1H3,(H,25,33)/t18-,19-,20+,21+,22+/m0/s1. The molecule has 186 valence electrons. The number of nitrogens with one attached hydrogen (secondary N) is 1. The third kappa shape index (κ3) is 8.40. The van der Waals surface area contributed by atoms with Crippen LogP contribution in [0, 0.1) is 0 Å². The maximum Gasteiger partial charge on any atom is 0.408 e. The Morgan fingerprint density at radius 3 is 1.97 bits per heavy atom. The minimum absolute atomic E-state index is 0.0186. The molecule has 0 aliphatic rings. The van der Waals surface area contributed by atoms with Crippen molar-refractivity contribution in [2.75, 3.05) is 20.2 Å². The first-order chi connectivity index (χ1) is 16.2. The molecule has 0 heterocycles. The van der Waals surface area contributed by atoms with E-state index in [2.05, 4.69) is 5.32 Å². The summed E-state index contributed by atoms with van der Waals surface area (Å²) in [6.45, 7) is -1.19. The molecule has 0 saturated heterocycles. The van der Waals surface area contributed by atoms with Crippen LogP contribution in [-0.2, 0) is 22.6 Å². The fourth-order valence-corrected chi connectivity index (χ4v) is 3.26. The van der Waals surface area contributed by atoms with Crippen LogP contribution in [-0.4, -0.2) is 93.1 Å². The second-order valence-electron chi connectivity index (χ2n) is 7.97. The van der Waals surface area contributed by atoms with Crippen molar-refractivity contribution in [2.45, 2.75) is 43.5 Å². The van der Waals surface area contributed by atoms with Crippen molar-refractivity contribution in [1.82, 2.24) is 10.2 Å². The molecule has 0 aromatic heterocycles. The summed E-state index contributed by atoms with van der Waals surface area (Å²) in [6.07, 6.45) is -7.54. The molecule has 0 fully saturated rings. The van der Waals surface area contributed by atoms with Gasteiger partial charge in [0.1, 0.15) is 37.1 Å². The Kier molecular flexibility index (Phi) is 10.9. The van der Waals surface area contributed by atoms with Crippen LogP contribution in [0.4, 0.5) is 4.79 Å². The van der Waals surface area contributed by atoms with Crippen molar-refractivity contribution in [3.8, 4) is 0 Å². The van der Waals surface area contributed by atoms with Crippen LogP contribution in [0.15, 0.2) is 60.7 Å². The van der Waals surface area contributed by atoms with Crippen molar-refractivity contribution in [3.63, 3.8) is 0 Å². The summed E-state index contributed by atoms with van der Waals surface area (Å²) < 4.78 is 5.22. The van der Waals surface area contributed by atoms with Gasteiger partial charge >= 0.3 is 6.09 Å². The average molecular weight is 477 g/mol. The lowest BCUT2D eigenvalue weighted by atomic mass is 10.0. The fourth-order valence-electron chi connectivity index (χ4n) is 3.26. The topological polar surface area (TPSA) is 160 Å². The van der Waals surface area contributed by atoms with Crippen molar-refractivity contribution in [3.05, 3.63) is 71.8 Å². The van der Waals surface area contributed by atoms with Crippen molar-refractivity contribution >= 4 is 12.0 Å². The van der Waals surface area contributed by atoms with Crippen molar-refractivity contribution in [2.24, 2.45) is 0 Å². The maximum absolute atomic E-state index is 13.1. The van der Waals surface area contributed by atoms with E-state index in [1.54, 1.807) is 36.4 Å². The minimum Gasteiger partial charge on any atom is -0.445 e. The molecule has 0 saturated carbocycles. The summed E-state index contributed by atoms with van der Waals surface area (Å²) in [6, 6.07) is 17.0. The minimum atomic E-state index is -1.81. The van der Waals surface area contributed by atoms with E-state index in [0.29, 0.717) is 0 Å². The van der Waals surface area contributed by atoms with Gasteiger partial charge in [-0.1, -0.05) is 60.7 Å². The molecule has 0 radical (unpaired) electrons. The molecule has 10 nitrogen and oxygen atoms in total. The van der Waals surface area contributed by atoms with Crippen LogP contribution in [0.25, 0.3) is 0 Å². The predicted molar refractivity (Wildman–Crippen MR) is 122 cm³/mol. The van der Waals surface area contributed by atoms with E-state index in [0.717, 1.165) is 16.0 Å². The van der Waals surface area contributed by atoms with E-state index >= 15 is 0 Å². The molecular weight excluding hydrogens is 444 g/mol. The first-order valence-corrected chi connectivity index (χ1v) is 10.8. The highest BCUT2D eigenvalue weighted by atomic mass is 16.5. The smallest absolute Gasteiger partial charge is 0.408 e. The quantitative estimate of drug-likeness (QED) is 0.237. The summed E-state index contributed by atoms with van der Waals surface area (Å²) >= 11 is 0. The Labute approximate surface area is 198 Å². The monoisotopic (exact) mass is 476 g/mol. The molecule has 2 aromatic carbocycles. The van der Waals surface area contributed by atoms with Gasteiger partial charge < -0.3 is 40.5 Å². The number of alkyl carbamates (subject to hydrolysis) is 1. The Morgan fingerprint density at radius 2 is 1.41 bits per heavy atom. The third-order valence-electron chi connectivity index (χ3n) is 5.25. The number of benzene rings is 2. The average Bonchev–Trinajstić information content (AvgIpc) is 2.86. The number of carbonyl (C=O) groups excluding carboxylic acids is 2. The molecule has 5 atom stereocenters. The number of likely N-dealkylation sites (N-methyl/N-ethyl adjacent to an activating group) is 1. The molecule has 0 bridgehead atoms. The highest BCUT2D eigenvalue weighted by Crippen LogP contribution is 2.10. The lowest BCUT2D eigenvalue weighted by Crippen LogP contribution is -2.53. The fraction of sp³-hybridized carbons (Fsp3) is 0.417. The van der Waals surface area contributed by atoms with Gasteiger partial charge in [0.25, 0.3) is 0 Å². The second kappa shape index (κ2) is 13.6. The van der Waals surface area contributed by atoms with Gasteiger partial charge in [-0.05, 0) is 11.1 Å². The summed E-state index contributed by atoms with van der Waals surface area (Å²) in [5, 5.41) is 50.9. The van der Waals surface area contributed by atoms with Crippen LogP contribution in [0.3, 0.4) is 0 Å². The molecule has 2 aromatic rings. The number of carbonyl (C=O) groups is 2. The van der Waals surface area contributed by atoms with Crippen LogP contribution >= 0.6 is 0 Å². The largest absolute Gasteiger partial charge is 0.445 e. The number of hydrogen-bond acceptors (Lipinski definition) is 8. The van der Waals surface area contributed by atoms with Gasteiger partial charge in [-0.2, -0.15) is 0 Å². The van der Waals surface area contributed by atoms with Gasteiger partial charge in [0.2, 0.25) is 5.91 Å². The number of rotatable bonds is 12. The Morgan fingerprint density at radius 1 is 0.882 bits per heavy atom. The molecule has 34 heavy (non-hydrogen) atoms. The number of ether oxygens (including phenoxy) is 1. The molecule has 6 N–H and O–H groups in total. The van der Waals surface area contributed by atoms with E-state index in [4.69, 9.17) is 9.84 Å². The van der Waals surface area contributed by atoms with E-state index < -0.39 is 55.6 Å². The second-order valence-corrected chi connectivity index (χ2v) is 7.97. The first kappa shape index (κ1) is 27.2. The van der Waals surface area contributed by atoms with E-state index in [-0.39, 0.29) is 13.0 Å². The molecule has 0 unspecified atom stereocenters. The molecule has 2 rings (SSSR count). The number of aliphatic hydroxyl groups excluding tert-OH is 5. The molecule has 2 amide bonds. The predicted octanol–water partition coefficient (Wildman–Crippen LogP) is -0.582. The number of hydrogen-bond donors (Lipinski definition) is 6. The highest BCUT2D eigenvalue weighted by molar-refractivity contribution is 5.85. The van der Waals surface area contributed by atoms with Crippen LogP contribution in [0.2, 0.25) is 0 Å². The molecule has 0 aliphatic heterocycles. The lowest BCUT2D eigenvalue weighted by Gasteiger charge is -2.30. The number of nitrogens with zero attached hydrogens (tertiary/aromatic N) is 1. The number of aliphatic hydroxyl groups is 5. The van der Waals surface area contributed by atoms with Crippen molar-refractivity contribution in [1.29, 1.82) is 0 Å². The van der Waals surface area contributed by atoms with Crippen LogP contribution in [0.5, 0.6) is 0 Å². The van der Waals surface area contributed by atoms with Gasteiger partial charge in [-0.25, -0.2) is 4.79 Å². The number of amides is 2. The van der Waals surface area contributed by atoms with Crippen molar-refractivity contribution < 1.29 is 39.9 Å². The van der Waals surface area contributed by atoms with Crippen LogP contribution in [0.1, 0.15) is 11.1 Å². The van der Waals surface area contributed by atoms with Crippen LogP contribution < -0.4 is 5.32 Å². The van der Waals surface area contributed by atoms with Gasteiger partial charge in [-0.3, -0.25) is 4.79 Å². The van der Waals surface area contributed by atoms with E-state index in [1.807, 2.05) is 24.3 Å². The van der Waals surface area contributed by atoms with Gasteiger partial charge in [0, 0.05) is 20.0 Å². The zero-order chi connectivity index (χ0) is 25.1. The van der Waals surface area contributed by atoms with Gasteiger partial charge in [0.15, 0.2) is 0 Å². The molecule has 10 heteroatoms. The summed E-state index contributed by atoms with van der Waals surface area (Å²) in [5.41, 5.74) is 1.56. The summed E-state index contributed by atoms with van der Waals surface area (Å²) in [4.78, 5) is 26.6. The zero-order valence-corrected chi connectivity index (χ0v) is 18.9. The SMILES string of the molecule is CN(C[C@H](O)[C@@H](O)[C@H](O)[C@H](O)CO)C(=O)[C@H](Cc1ccccc1)NC(=O)OCc1ccccc1. The Bertz CT molecular complexity index is 883. The third-order valence-corrected chi connectivity index (χ3v) is 5.25. The Balaban J connectivity index is 2.04. The molecular formula is C24H32N2O8. The summed E-state index contributed by atoms with van der Waals surface area (Å²) in [5.74, 6) is -0.566. The summed E-state index contributed by atoms with van der Waals surface area (Å²) in [7, 11) is 1.36. The van der Waals surface area contributed by atoms with E-state index in [1.165, 1.54) is 7.05 Å². The zero-order valence-electron chi connectivity index (χ0n) is 18.9. The highest BCUT2D eigenvalue weighted by Gasteiger charge is 2.33. The maximum atomic E-state index is 13.1. The van der Waals surface area contributed by atoms with Gasteiger partial charge in [-0.15, -0.1) is 0 Å². The molecule has 0 aliphatic carbocycles. The lowest BCUT2D eigenvalue weighted by molar-refractivity contribution is -0.139. The Hall–Kier alpha value is -3.02. The van der Waals surface area contributed by atoms with Gasteiger partial charge in [0.05, 0.1) is 6.61 Å².